The molecule has 0 radical (unpaired) electrons. The Kier molecular flexibility index (Phi) is 10.4. The van der Waals surface area contributed by atoms with Gasteiger partial charge in [0.25, 0.3) is 0 Å². The molecule has 0 aliphatic heterocycles. The van der Waals surface area contributed by atoms with E-state index in [1.54, 1.807) is 0 Å². The molecule has 0 aromatic carbocycles. The van der Waals surface area contributed by atoms with Crippen LogP contribution >= 0.6 is 12.6 Å². The van der Waals surface area contributed by atoms with Crippen LogP contribution in [0.4, 0.5) is 0 Å². The maximum absolute atomic E-state index is 12.4. The second kappa shape index (κ2) is 12.5. The van der Waals surface area contributed by atoms with Crippen molar-refractivity contribution in [2.24, 2.45) is 5.73 Å². The highest BCUT2D eigenvalue weighted by Crippen LogP contribution is 2.01. The summed E-state index contributed by atoms with van der Waals surface area (Å²) in [5.74, 6) is -5.70. The van der Waals surface area contributed by atoms with Crippen molar-refractivity contribution in [1.29, 1.82) is 0 Å². The van der Waals surface area contributed by atoms with Crippen LogP contribution in [0.5, 0.6) is 0 Å². The molecular formula is C16H24N6O8S. The third-order valence-corrected chi connectivity index (χ3v) is 4.32. The van der Waals surface area contributed by atoms with Crippen LogP contribution < -0.4 is 21.7 Å². The Labute approximate surface area is 181 Å². The molecule has 14 nitrogen and oxygen atoms in total. The van der Waals surface area contributed by atoms with Gasteiger partial charge >= 0.3 is 11.9 Å². The molecule has 15 heteroatoms. The molecule has 3 amide bonds. The van der Waals surface area contributed by atoms with Gasteiger partial charge in [0.2, 0.25) is 17.7 Å². The van der Waals surface area contributed by atoms with Gasteiger partial charge in [-0.15, -0.1) is 0 Å². The second-order valence-electron chi connectivity index (χ2n) is 6.37. The largest absolute Gasteiger partial charge is 0.481 e. The Morgan fingerprint density at radius 1 is 1.03 bits per heavy atom. The van der Waals surface area contributed by atoms with Crippen molar-refractivity contribution in [1.82, 2.24) is 25.9 Å². The van der Waals surface area contributed by atoms with Gasteiger partial charge in [0, 0.05) is 24.1 Å². The number of hydrogen-bond acceptors (Lipinski definition) is 9. The first-order valence-electron chi connectivity index (χ1n) is 8.89. The predicted molar refractivity (Wildman–Crippen MR) is 107 cm³/mol. The number of aliphatic carboxylic acids is 2. The molecule has 1 rings (SSSR count). The number of amides is 3. The van der Waals surface area contributed by atoms with Crippen LogP contribution in [0.3, 0.4) is 0 Å². The predicted octanol–water partition coefficient (Wildman–Crippen LogP) is -3.78. The lowest BCUT2D eigenvalue weighted by molar-refractivity contribution is -0.142. The van der Waals surface area contributed by atoms with E-state index in [2.05, 4.69) is 38.5 Å². The highest BCUT2D eigenvalue weighted by atomic mass is 32.1. The van der Waals surface area contributed by atoms with Crippen molar-refractivity contribution in [3.8, 4) is 0 Å². The molecule has 1 aromatic heterocycles. The molecule has 1 aromatic rings. The zero-order chi connectivity index (χ0) is 23.6. The minimum absolute atomic E-state index is 0.0922. The van der Waals surface area contributed by atoms with E-state index in [0.717, 1.165) is 0 Å². The average molecular weight is 460 g/mol. The molecule has 172 valence electrons. The summed E-state index contributed by atoms with van der Waals surface area (Å²) in [6.45, 7) is -0.865. The molecule has 0 saturated carbocycles. The monoisotopic (exact) mass is 460 g/mol. The number of aliphatic hydroxyl groups excluding tert-OH is 1. The summed E-state index contributed by atoms with van der Waals surface area (Å²) in [6, 6.07) is -5.60. The molecule has 0 aliphatic rings. The number of aromatic amines is 1. The Morgan fingerprint density at radius 2 is 1.61 bits per heavy atom. The van der Waals surface area contributed by atoms with Crippen LogP contribution in [0, 0.1) is 0 Å². The second-order valence-corrected chi connectivity index (χ2v) is 6.74. The molecule has 31 heavy (non-hydrogen) atoms. The smallest absolute Gasteiger partial charge is 0.326 e. The highest BCUT2D eigenvalue weighted by molar-refractivity contribution is 7.80. The number of rotatable bonds is 13. The maximum Gasteiger partial charge on any atom is 0.326 e. The Hall–Kier alpha value is -3.17. The number of nitrogens with two attached hydrogens (primary N) is 1. The van der Waals surface area contributed by atoms with E-state index >= 15 is 0 Å². The van der Waals surface area contributed by atoms with Crippen molar-refractivity contribution in [3.63, 3.8) is 0 Å². The Morgan fingerprint density at radius 3 is 2.10 bits per heavy atom. The third kappa shape index (κ3) is 8.61. The number of H-pyrrole nitrogens is 1. The van der Waals surface area contributed by atoms with Gasteiger partial charge in [-0.2, -0.15) is 12.6 Å². The topological polar surface area (TPSA) is 237 Å². The summed E-state index contributed by atoms with van der Waals surface area (Å²) in [4.78, 5) is 65.1. The van der Waals surface area contributed by atoms with E-state index < -0.39 is 66.9 Å². The van der Waals surface area contributed by atoms with E-state index in [0.29, 0.717) is 5.69 Å². The third-order valence-electron chi connectivity index (χ3n) is 3.96. The van der Waals surface area contributed by atoms with Crippen molar-refractivity contribution < 1.29 is 39.3 Å². The summed E-state index contributed by atoms with van der Waals surface area (Å²) in [5.41, 5.74) is 5.85. The molecule has 1 heterocycles. The Balaban J connectivity index is 2.73. The zero-order valence-corrected chi connectivity index (χ0v) is 17.0. The van der Waals surface area contributed by atoms with E-state index in [1.807, 2.05) is 0 Å². The molecule has 0 spiro atoms. The fourth-order valence-electron chi connectivity index (χ4n) is 2.31. The summed E-state index contributed by atoms with van der Waals surface area (Å²) in [6.07, 6.45) is 1.95. The minimum Gasteiger partial charge on any atom is -0.481 e. The lowest BCUT2D eigenvalue weighted by Crippen LogP contribution is -2.58. The normalized spacial score (nSPS) is 14.5. The fraction of sp³-hybridized carbons (Fsp3) is 0.500. The summed E-state index contributed by atoms with van der Waals surface area (Å²) in [7, 11) is 0. The highest BCUT2D eigenvalue weighted by Gasteiger charge is 2.30. The van der Waals surface area contributed by atoms with Crippen molar-refractivity contribution in [2.45, 2.75) is 37.0 Å². The molecule has 9 N–H and O–H groups in total. The van der Waals surface area contributed by atoms with E-state index in [4.69, 9.17) is 10.8 Å². The number of carboxylic acids is 2. The van der Waals surface area contributed by atoms with Gasteiger partial charge in [-0.25, -0.2) is 9.78 Å². The van der Waals surface area contributed by atoms with Crippen molar-refractivity contribution >= 4 is 42.3 Å². The first-order chi connectivity index (χ1) is 14.6. The van der Waals surface area contributed by atoms with Gasteiger partial charge in [-0.1, -0.05) is 0 Å². The number of carboxylic acid groups (broad SMARTS) is 2. The van der Waals surface area contributed by atoms with Crippen LogP contribution in [-0.4, -0.2) is 91.5 Å². The van der Waals surface area contributed by atoms with Crippen LogP contribution in [0.1, 0.15) is 12.1 Å². The summed E-state index contributed by atoms with van der Waals surface area (Å²) < 4.78 is 0. The van der Waals surface area contributed by atoms with E-state index in [9.17, 15) is 34.2 Å². The lowest BCUT2D eigenvalue weighted by atomic mass is 10.1. The SMILES string of the molecule is NC(CC(=O)O)C(=O)NC(CO)C(=O)NC(CS)C(=O)NC(Cc1cnc[nH]1)C(=O)O. The quantitative estimate of drug-likeness (QED) is 0.130. The van der Waals surface area contributed by atoms with Gasteiger partial charge in [0.05, 0.1) is 25.4 Å². The number of hydrogen-bond donors (Lipinski definition) is 9. The maximum atomic E-state index is 12.4. The first-order valence-corrected chi connectivity index (χ1v) is 9.52. The van der Waals surface area contributed by atoms with Gasteiger partial charge < -0.3 is 42.0 Å². The molecule has 0 fully saturated rings. The van der Waals surface area contributed by atoms with E-state index in [1.165, 1.54) is 12.5 Å². The van der Waals surface area contributed by atoms with Crippen LogP contribution in [0.2, 0.25) is 0 Å². The Bertz CT molecular complexity index is 789. The molecule has 0 aliphatic carbocycles. The van der Waals surface area contributed by atoms with Crippen LogP contribution in [0.25, 0.3) is 0 Å². The van der Waals surface area contributed by atoms with Gasteiger partial charge in [-0.05, 0) is 0 Å². The molecule has 4 unspecified atom stereocenters. The summed E-state index contributed by atoms with van der Waals surface area (Å²) >= 11 is 3.96. The van der Waals surface area contributed by atoms with Crippen molar-refractivity contribution in [3.05, 3.63) is 18.2 Å². The molecular weight excluding hydrogens is 436 g/mol. The van der Waals surface area contributed by atoms with Crippen LogP contribution in [0.15, 0.2) is 12.5 Å². The van der Waals surface area contributed by atoms with Crippen molar-refractivity contribution in [2.75, 3.05) is 12.4 Å². The minimum atomic E-state index is -1.53. The number of imidazole rings is 1. The first kappa shape index (κ1) is 25.9. The molecule has 0 bridgehead atoms. The average Bonchev–Trinajstić information content (AvgIpc) is 3.21. The standard InChI is InChI=1S/C16H24N6O8S/c17-8(2-12(24)25)13(26)21-10(4-23)14(27)22-11(5-31)15(28)20-9(16(29)30)1-7-3-18-6-19-7/h3,6,8-11,23,31H,1-2,4-5,17H2,(H,18,19)(H,20,28)(H,21,26)(H,22,27)(H,24,25)(H,29,30). The number of aromatic nitrogens is 2. The fourth-order valence-corrected chi connectivity index (χ4v) is 2.57. The zero-order valence-electron chi connectivity index (χ0n) is 16.1. The number of nitrogens with one attached hydrogen (secondary N) is 4. The number of nitrogens with zero attached hydrogens (tertiary/aromatic N) is 1. The number of carbonyl (C=O) groups is 5. The van der Waals surface area contributed by atoms with Gasteiger partial charge in [-0.3, -0.25) is 19.2 Å². The number of thiol groups is 1. The van der Waals surface area contributed by atoms with Crippen LogP contribution in [-0.2, 0) is 30.4 Å². The lowest BCUT2D eigenvalue weighted by Gasteiger charge is -2.23. The van der Waals surface area contributed by atoms with Gasteiger partial charge in [0.1, 0.15) is 18.1 Å². The van der Waals surface area contributed by atoms with E-state index in [-0.39, 0.29) is 12.2 Å². The number of carbonyl (C=O) groups excluding carboxylic acids is 3. The molecule has 4 atom stereocenters. The van der Waals surface area contributed by atoms with Gasteiger partial charge in [0.15, 0.2) is 0 Å². The molecule has 0 saturated heterocycles. The number of aliphatic hydroxyl groups is 1. The summed E-state index contributed by atoms with van der Waals surface area (Å²) in [5, 5.41) is 33.9.